The van der Waals surface area contributed by atoms with Crippen LogP contribution in [0.5, 0.6) is 0 Å². The standard InChI is InChI=1S/C10H12Cl2N2OS/c1-10(2,3)16(15)14-5-7-4-8(11)6-13-9(7)12/h4-6H,1-3H3/t16-/m0/s1. The predicted octanol–water partition coefficient (Wildman–Crippen LogP) is 3.27. The lowest BCUT2D eigenvalue weighted by Gasteiger charge is -2.12. The van der Waals surface area contributed by atoms with E-state index in [1.807, 2.05) is 20.8 Å². The molecule has 1 atom stereocenters. The fourth-order valence-corrected chi connectivity index (χ4v) is 1.64. The third-order valence-corrected chi connectivity index (χ3v) is 3.51. The van der Waals surface area contributed by atoms with E-state index in [0.717, 1.165) is 0 Å². The van der Waals surface area contributed by atoms with Crippen molar-refractivity contribution >= 4 is 40.4 Å². The lowest BCUT2D eigenvalue weighted by molar-refractivity contribution is 0.651. The van der Waals surface area contributed by atoms with E-state index in [-0.39, 0.29) is 0 Å². The summed E-state index contributed by atoms with van der Waals surface area (Å²) >= 11 is 11.6. The molecule has 0 N–H and O–H groups in total. The van der Waals surface area contributed by atoms with E-state index in [9.17, 15) is 4.21 Å². The molecule has 0 spiro atoms. The molecule has 3 nitrogen and oxygen atoms in total. The largest absolute Gasteiger partial charge is 0.242 e. The molecular formula is C10H12Cl2N2OS. The Hall–Kier alpha value is -0.450. The highest BCUT2D eigenvalue weighted by Crippen LogP contribution is 2.17. The molecule has 1 rings (SSSR count). The predicted molar refractivity (Wildman–Crippen MR) is 69.7 cm³/mol. The molecule has 0 aliphatic heterocycles. The Morgan fingerprint density at radius 1 is 1.44 bits per heavy atom. The lowest BCUT2D eigenvalue weighted by Crippen LogP contribution is -2.19. The van der Waals surface area contributed by atoms with Crippen molar-refractivity contribution in [2.24, 2.45) is 4.40 Å². The molecule has 6 heteroatoms. The summed E-state index contributed by atoms with van der Waals surface area (Å²) in [7, 11) is -1.31. The van der Waals surface area contributed by atoms with Gasteiger partial charge in [0, 0.05) is 18.0 Å². The molecule has 0 aromatic carbocycles. The number of rotatable bonds is 2. The van der Waals surface area contributed by atoms with Crippen LogP contribution in [0.15, 0.2) is 16.7 Å². The molecule has 0 radical (unpaired) electrons. The fourth-order valence-electron chi connectivity index (χ4n) is 0.792. The van der Waals surface area contributed by atoms with Crippen LogP contribution in [0.4, 0.5) is 0 Å². The van der Waals surface area contributed by atoms with Gasteiger partial charge in [-0.2, -0.15) is 4.40 Å². The molecule has 0 fully saturated rings. The van der Waals surface area contributed by atoms with Crippen LogP contribution in [-0.2, 0) is 11.0 Å². The Kier molecular flexibility index (Phi) is 4.47. The minimum atomic E-state index is -1.31. The van der Waals surface area contributed by atoms with Gasteiger partial charge in [0.1, 0.15) is 16.1 Å². The van der Waals surface area contributed by atoms with Gasteiger partial charge in [-0.3, -0.25) is 0 Å². The summed E-state index contributed by atoms with van der Waals surface area (Å²) in [6.07, 6.45) is 2.88. The Morgan fingerprint density at radius 2 is 2.06 bits per heavy atom. The van der Waals surface area contributed by atoms with Crippen LogP contribution in [0.25, 0.3) is 0 Å². The van der Waals surface area contributed by atoms with Gasteiger partial charge in [0.15, 0.2) is 0 Å². The second-order valence-corrected chi connectivity index (χ2v) is 6.86. The molecule has 1 heterocycles. The van der Waals surface area contributed by atoms with Crippen LogP contribution in [0.3, 0.4) is 0 Å². The van der Waals surface area contributed by atoms with Crippen molar-refractivity contribution in [3.8, 4) is 0 Å². The second kappa shape index (κ2) is 5.25. The van der Waals surface area contributed by atoms with Gasteiger partial charge in [0.25, 0.3) is 0 Å². The van der Waals surface area contributed by atoms with Gasteiger partial charge < -0.3 is 0 Å². The zero-order chi connectivity index (χ0) is 12.3. The van der Waals surface area contributed by atoms with Crippen molar-refractivity contribution in [3.63, 3.8) is 0 Å². The Labute approximate surface area is 107 Å². The molecule has 0 amide bonds. The van der Waals surface area contributed by atoms with Crippen molar-refractivity contribution < 1.29 is 4.21 Å². The quantitative estimate of drug-likeness (QED) is 0.616. The van der Waals surface area contributed by atoms with Gasteiger partial charge in [-0.15, -0.1) is 0 Å². The average molecular weight is 279 g/mol. The maximum Gasteiger partial charge on any atom is 0.144 e. The van der Waals surface area contributed by atoms with Crippen LogP contribution in [0.1, 0.15) is 26.3 Å². The summed E-state index contributed by atoms with van der Waals surface area (Å²) in [5, 5.41) is 0.756. The summed E-state index contributed by atoms with van der Waals surface area (Å²) in [5.41, 5.74) is 0.562. The third kappa shape index (κ3) is 3.85. The monoisotopic (exact) mass is 278 g/mol. The first-order valence-corrected chi connectivity index (χ1v) is 6.44. The molecule has 88 valence electrons. The molecule has 0 aliphatic carbocycles. The van der Waals surface area contributed by atoms with Gasteiger partial charge in [-0.05, 0) is 26.8 Å². The van der Waals surface area contributed by atoms with Gasteiger partial charge >= 0.3 is 0 Å². The fraction of sp³-hybridized carbons (Fsp3) is 0.400. The zero-order valence-corrected chi connectivity index (χ0v) is 11.5. The highest BCUT2D eigenvalue weighted by atomic mass is 35.5. The maximum absolute atomic E-state index is 11.7. The SMILES string of the molecule is CC(C)(C)[S@](=O)N=Cc1cc(Cl)cnc1Cl. The summed E-state index contributed by atoms with van der Waals surface area (Å²) < 4.78 is 15.2. The Bertz CT molecular complexity index is 441. The molecule has 1 aromatic rings. The third-order valence-electron chi connectivity index (χ3n) is 1.64. The first kappa shape index (κ1) is 13.6. The Morgan fingerprint density at radius 3 is 2.62 bits per heavy atom. The van der Waals surface area contributed by atoms with Crippen LogP contribution in [-0.4, -0.2) is 20.2 Å². The van der Waals surface area contributed by atoms with E-state index in [0.29, 0.717) is 15.7 Å². The molecule has 16 heavy (non-hydrogen) atoms. The van der Waals surface area contributed by atoms with Gasteiger partial charge in [0.05, 0.1) is 9.77 Å². The zero-order valence-electron chi connectivity index (χ0n) is 9.20. The molecule has 0 bridgehead atoms. The highest BCUT2D eigenvalue weighted by molar-refractivity contribution is 7.85. The van der Waals surface area contributed by atoms with Gasteiger partial charge in [-0.25, -0.2) is 9.19 Å². The number of hydrogen-bond donors (Lipinski definition) is 0. The van der Waals surface area contributed by atoms with E-state index >= 15 is 0 Å². The minimum absolute atomic E-state index is 0.291. The van der Waals surface area contributed by atoms with Crippen molar-refractivity contribution in [1.82, 2.24) is 4.98 Å². The summed E-state index contributed by atoms with van der Waals surface area (Å²) in [6.45, 7) is 5.54. The first-order valence-electron chi connectivity index (χ1n) is 4.58. The van der Waals surface area contributed by atoms with Crippen LogP contribution in [0, 0.1) is 0 Å². The number of halogens is 2. The van der Waals surface area contributed by atoms with Crippen molar-refractivity contribution in [1.29, 1.82) is 0 Å². The minimum Gasteiger partial charge on any atom is -0.242 e. The summed E-state index contributed by atoms with van der Waals surface area (Å²) in [6, 6.07) is 1.63. The van der Waals surface area contributed by atoms with E-state index in [4.69, 9.17) is 23.2 Å². The van der Waals surface area contributed by atoms with Crippen molar-refractivity contribution in [3.05, 3.63) is 28.0 Å². The number of nitrogens with zero attached hydrogens (tertiary/aromatic N) is 2. The second-order valence-electron chi connectivity index (χ2n) is 4.13. The lowest BCUT2D eigenvalue weighted by atomic mass is 10.3. The molecule has 0 saturated heterocycles. The molecular weight excluding hydrogens is 267 g/mol. The molecule has 0 saturated carbocycles. The number of hydrogen-bond acceptors (Lipinski definition) is 2. The smallest absolute Gasteiger partial charge is 0.144 e. The van der Waals surface area contributed by atoms with E-state index in [2.05, 4.69) is 9.38 Å². The van der Waals surface area contributed by atoms with E-state index < -0.39 is 15.7 Å². The van der Waals surface area contributed by atoms with Crippen LogP contribution >= 0.6 is 23.2 Å². The topological polar surface area (TPSA) is 42.3 Å². The van der Waals surface area contributed by atoms with Crippen molar-refractivity contribution in [2.75, 3.05) is 0 Å². The highest BCUT2D eigenvalue weighted by Gasteiger charge is 2.18. The average Bonchev–Trinajstić information content (AvgIpc) is 2.17. The summed E-state index contributed by atoms with van der Waals surface area (Å²) in [4.78, 5) is 3.86. The molecule has 1 aromatic heterocycles. The van der Waals surface area contributed by atoms with Crippen LogP contribution in [0.2, 0.25) is 10.2 Å². The van der Waals surface area contributed by atoms with E-state index in [1.165, 1.54) is 12.4 Å². The number of aromatic nitrogens is 1. The molecule has 0 unspecified atom stereocenters. The number of pyridine rings is 1. The molecule has 0 aliphatic rings. The van der Waals surface area contributed by atoms with Crippen LogP contribution < -0.4 is 0 Å². The Balaban J connectivity index is 2.93. The van der Waals surface area contributed by atoms with E-state index in [1.54, 1.807) is 6.07 Å². The normalized spacial score (nSPS) is 14.3. The van der Waals surface area contributed by atoms with Gasteiger partial charge in [0.2, 0.25) is 0 Å². The van der Waals surface area contributed by atoms with Gasteiger partial charge in [-0.1, -0.05) is 23.2 Å². The summed E-state index contributed by atoms with van der Waals surface area (Å²) in [5.74, 6) is 0. The maximum atomic E-state index is 11.7. The van der Waals surface area contributed by atoms with Crippen molar-refractivity contribution in [2.45, 2.75) is 25.5 Å². The first-order chi connectivity index (χ1) is 7.30.